The Morgan fingerprint density at radius 2 is 2.06 bits per heavy atom. The second-order valence-electron chi connectivity index (χ2n) is 4.65. The Labute approximate surface area is 110 Å². The van der Waals surface area contributed by atoms with Gasteiger partial charge in [0.1, 0.15) is 4.21 Å². The van der Waals surface area contributed by atoms with Crippen LogP contribution in [-0.4, -0.2) is 25.5 Å². The van der Waals surface area contributed by atoms with Crippen LogP contribution in [0.4, 0.5) is 0 Å². The molecule has 1 heterocycles. The standard InChI is InChI=1S/C11H15NO4S2/c1-6-3-7(2)17-11(6)18(15,16)12-9-4-8(5-9)10(13)14/h3,8-9,12H,4-5H2,1-2H3,(H,13,14). The van der Waals surface area contributed by atoms with E-state index in [1.165, 1.54) is 11.3 Å². The zero-order valence-electron chi connectivity index (χ0n) is 10.1. The predicted molar refractivity (Wildman–Crippen MR) is 68.3 cm³/mol. The first-order valence-corrected chi connectivity index (χ1v) is 7.91. The lowest BCUT2D eigenvalue weighted by atomic mass is 9.81. The topological polar surface area (TPSA) is 83.5 Å². The van der Waals surface area contributed by atoms with E-state index in [0.29, 0.717) is 17.1 Å². The maximum Gasteiger partial charge on any atom is 0.306 e. The van der Waals surface area contributed by atoms with E-state index in [1.54, 1.807) is 6.92 Å². The van der Waals surface area contributed by atoms with E-state index in [0.717, 1.165) is 10.4 Å². The lowest BCUT2D eigenvalue weighted by molar-refractivity contribution is -0.145. The maximum absolute atomic E-state index is 12.1. The highest BCUT2D eigenvalue weighted by molar-refractivity contribution is 7.91. The Hall–Kier alpha value is -0.920. The second kappa shape index (κ2) is 4.64. The monoisotopic (exact) mass is 289 g/mol. The fraction of sp³-hybridized carbons (Fsp3) is 0.545. The number of thiophene rings is 1. The van der Waals surface area contributed by atoms with Crippen LogP contribution in [0.3, 0.4) is 0 Å². The number of carboxylic acids is 1. The molecule has 0 aromatic carbocycles. The smallest absolute Gasteiger partial charge is 0.306 e. The SMILES string of the molecule is Cc1cc(C)c(S(=O)(=O)NC2CC(C(=O)O)C2)s1. The lowest BCUT2D eigenvalue weighted by Crippen LogP contribution is -2.46. The number of carboxylic acid groups (broad SMARTS) is 1. The molecule has 100 valence electrons. The normalized spacial score (nSPS) is 23.7. The van der Waals surface area contributed by atoms with Gasteiger partial charge in [0.15, 0.2) is 0 Å². The van der Waals surface area contributed by atoms with Gasteiger partial charge in [-0.15, -0.1) is 11.3 Å². The summed E-state index contributed by atoms with van der Waals surface area (Å²) < 4.78 is 27.1. The van der Waals surface area contributed by atoms with Gasteiger partial charge in [0.05, 0.1) is 5.92 Å². The molecule has 2 rings (SSSR count). The number of aryl methyl sites for hydroxylation is 2. The fourth-order valence-corrected chi connectivity index (χ4v) is 5.02. The molecule has 18 heavy (non-hydrogen) atoms. The van der Waals surface area contributed by atoms with Crippen LogP contribution >= 0.6 is 11.3 Å². The molecular formula is C11H15NO4S2. The fourth-order valence-electron chi connectivity index (χ4n) is 2.08. The number of carbonyl (C=O) groups is 1. The van der Waals surface area contributed by atoms with E-state index in [-0.39, 0.29) is 6.04 Å². The Morgan fingerprint density at radius 3 is 2.50 bits per heavy atom. The van der Waals surface area contributed by atoms with Crippen molar-refractivity contribution in [2.24, 2.45) is 5.92 Å². The molecule has 2 N–H and O–H groups in total. The summed E-state index contributed by atoms with van der Waals surface area (Å²) in [4.78, 5) is 11.6. The van der Waals surface area contributed by atoms with Crippen LogP contribution < -0.4 is 4.72 Å². The first-order chi connectivity index (χ1) is 8.29. The molecule has 7 heteroatoms. The van der Waals surface area contributed by atoms with Gasteiger partial charge in [-0.1, -0.05) is 0 Å². The van der Waals surface area contributed by atoms with Crippen molar-refractivity contribution in [2.45, 2.75) is 36.9 Å². The summed E-state index contributed by atoms with van der Waals surface area (Å²) in [6, 6.07) is 1.58. The number of aliphatic carboxylic acids is 1. The summed E-state index contributed by atoms with van der Waals surface area (Å²) in [5.41, 5.74) is 0.735. The summed E-state index contributed by atoms with van der Waals surface area (Å²) >= 11 is 1.24. The Balaban J connectivity index is 2.06. The molecule has 0 bridgehead atoms. The number of rotatable bonds is 4. The van der Waals surface area contributed by atoms with Crippen LogP contribution in [0.2, 0.25) is 0 Å². The average molecular weight is 289 g/mol. The van der Waals surface area contributed by atoms with Crippen molar-refractivity contribution in [3.8, 4) is 0 Å². The predicted octanol–water partition coefficient (Wildman–Crippen LogP) is 1.51. The largest absolute Gasteiger partial charge is 0.481 e. The third kappa shape index (κ3) is 2.57. The van der Waals surface area contributed by atoms with Crippen molar-refractivity contribution in [1.82, 2.24) is 4.72 Å². The minimum absolute atomic E-state index is 0.252. The van der Waals surface area contributed by atoms with Crippen LogP contribution in [0.1, 0.15) is 23.3 Å². The molecule has 0 aliphatic heterocycles. The lowest BCUT2D eigenvalue weighted by Gasteiger charge is -2.32. The van der Waals surface area contributed by atoms with Crippen molar-refractivity contribution in [3.05, 3.63) is 16.5 Å². The molecular weight excluding hydrogens is 274 g/mol. The van der Waals surface area contributed by atoms with Gasteiger partial charge in [-0.2, -0.15) is 0 Å². The Morgan fingerprint density at radius 1 is 1.44 bits per heavy atom. The summed E-state index contributed by atoms with van der Waals surface area (Å²) in [6.07, 6.45) is 0.746. The Kier molecular flexibility index (Phi) is 3.48. The molecule has 1 aromatic rings. The van der Waals surface area contributed by atoms with Crippen LogP contribution in [0.25, 0.3) is 0 Å². The second-order valence-corrected chi connectivity index (χ2v) is 7.82. The zero-order chi connectivity index (χ0) is 13.5. The molecule has 1 aromatic heterocycles. The van der Waals surface area contributed by atoms with E-state index >= 15 is 0 Å². The van der Waals surface area contributed by atoms with Crippen LogP contribution in [0.5, 0.6) is 0 Å². The quantitative estimate of drug-likeness (QED) is 0.880. The minimum Gasteiger partial charge on any atom is -0.481 e. The van der Waals surface area contributed by atoms with E-state index in [2.05, 4.69) is 4.72 Å². The Bertz CT molecular complexity index is 570. The van der Waals surface area contributed by atoms with E-state index in [4.69, 9.17) is 5.11 Å². The third-order valence-corrected chi connectivity index (χ3v) is 6.36. The molecule has 0 unspecified atom stereocenters. The van der Waals surface area contributed by atoms with Gasteiger partial charge in [-0.3, -0.25) is 4.79 Å². The van der Waals surface area contributed by atoms with E-state index < -0.39 is 21.9 Å². The molecule has 1 fully saturated rings. The number of hydrogen-bond donors (Lipinski definition) is 2. The van der Waals surface area contributed by atoms with Crippen molar-refractivity contribution in [2.75, 3.05) is 0 Å². The molecule has 0 spiro atoms. The van der Waals surface area contributed by atoms with E-state index in [9.17, 15) is 13.2 Å². The van der Waals surface area contributed by atoms with Crippen molar-refractivity contribution in [3.63, 3.8) is 0 Å². The average Bonchev–Trinajstić information content (AvgIpc) is 2.51. The first-order valence-electron chi connectivity index (χ1n) is 5.62. The highest BCUT2D eigenvalue weighted by atomic mass is 32.2. The molecule has 0 amide bonds. The molecule has 1 aliphatic carbocycles. The van der Waals surface area contributed by atoms with Gasteiger partial charge >= 0.3 is 5.97 Å². The minimum atomic E-state index is -3.50. The van der Waals surface area contributed by atoms with Crippen LogP contribution in [0, 0.1) is 19.8 Å². The first kappa shape index (κ1) is 13.5. The van der Waals surface area contributed by atoms with Gasteiger partial charge in [-0.25, -0.2) is 13.1 Å². The number of nitrogens with one attached hydrogen (secondary N) is 1. The van der Waals surface area contributed by atoms with Gasteiger partial charge in [0.25, 0.3) is 10.0 Å². The maximum atomic E-state index is 12.1. The van der Waals surface area contributed by atoms with Crippen LogP contribution in [-0.2, 0) is 14.8 Å². The van der Waals surface area contributed by atoms with Crippen molar-refractivity contribution in [1.29, 1.82) is 0 Å². The molecule has 0 saturated heterocycles. The molecule has 5 nitrogen and oxygen atoms in total. The van der Waals surface area contributed by atoms with Crippen LogP contribution in [0.15, 0.2) is 10.3 Å². The molecule has 1 saturated carbocycles. The van der Waals surface area contributed by atoms with Gasteiger partial charge < -0.3 is 5.11 Å². The third-order valence-electron chi connectivity index (χ3n) is 3.05. The highest BCUT2D eigenvalue weighted by Crippen LogP contribution is 2.31. The van der Waals surface area contributed by atoms with Crippen molar-refractivity contribution >= 4 is 27.3 Å². The summed E-state index contributed by atoms with van der Waals surface area (Å²) in [5.74, 6) is -1.27. The summed E-state index contributed by atoms with van der Waals surface area (Å²) in [5, 5.41) is 8.74. The van der Waals surface area contributed by atoms with Crippen molar-refractivity contribution < 1.29 is 18.3 Å². The molecule has 0 atom stereocenters. The molecule has 0 radical (unpaired) electrons. The summed E-state index contributed by atoms with van der Waals surface area (Å²) in [6.45, 7) is 3.62. The number of hydrogen-bond acceptors (Lipinski definition) is 4. The number of sulfonamides is 1. The zero-order valence-corrected chi connectivity index (χ0v) is 11.8. The summed E-state index contributed by atoms with van der Waals surface area (Å²) in [7, 11) is -3.50. The van der Waals surface area contributed by atoms with Gasteiger partial charge in [0, 0.05) is 10.9 Å². The van der Waals surface area contributed by atoms with Gasteiger partial charge in [0.2, 0.25) is 0 Å². The van der Waals surface area contributed by atoms with E-state index in [1.807, 2.05) is 13.0 Å². The highest BCUT2D eigenvalue weighted by Gasteiger charge is 2.37. The van der Waals surface area contributed by atoms with Gasteiger partial charge in [-0.05, 0) is 38.3 Å². The molecule has 1 aliphatic rings.